The fourth-order valence-corrected chi connectivity index (χ4v) is 1.02. The molecule has 1 rings (SSSR count). The minimum atomic E-state index is 0.742. The zero-order chi connectivity index (χ0) is 8.10. The first-order valence-electron chi connectivity index (χ1n) is 3.46. The topological polar surface area (TPSA) is 24.7 Å². The van der Waals surface area contributed by atoms with Gasteiger partial charge in [-0.05, 0) is 53.8 Å². The van der Waals surface area contributed by atoms with E-state index < -0.39 is 0 Å². The first-order valence-corrected chi connectivity index (χ1v) is 4.54. The van der Waals surface area contributed by atoms with Crippen LogP contribution in [0.4, 0.5) is 5.69 Å². The molecular formula is C8H9IN2. The van der Waals surface area contributed by atoms with Crippen LogP contribution in [0.3, 0.4) is 0 Å². The van der Waals surface area contributed by atoms with E-state index in [1.165, 1.54) is 3.57 Å². The van der Waals surface area contributed by atoms with Gasteiger partial charge in [-0.25, -0.2) is 0 Å². The number of benzene rings is 1. The van der Waals surface area contributed by atoms with Crippen LogP contribution in [-0.4, -0.2) is 6.54 Å². The molecule has 0 N–H and O–H groups in total. The lowest BCUT2D eigenvalue weighted by Crippen LogP contribution is -1.68. The molecule has 0 heterocycles. The molecule has 0 aromatic heterocycles. The van der Waals surface area contributed by atoms with Gasteiger partial charge in [0.25, 0.3) is 0 Å². The minimum absolute atomic E-state index is 0.742. The predicted molar refractivity (Wildman–Crippen MR) is 54.2 cm³/mol. The van der Waals surface area contributed by atoms with Gasteiger partial charge in [0.1, 0.15) is 0 Å². The van der Waals surface area contributed by atoms with Crippen molar-refractivity contribution in [2.24, 2.45) is 10.2 Å². The van der Waals surface area contributed by atoms with Gasteiger partial charge >= 0.3 is 0 Å². The van der Waals surface area contributed by atoms with Crippen molar-refractivity contribution in [3.05, 3.63) is 27.8 Å². The molecule has 1 aromatic rings. The van der Waals surface area contributed by atoms with E-state index in [-0.39, 0.29) is 0 Å². The maximum Gasteiger partial charge on any atom is 0.0853 e. The SMILES string of the molecule is CCN=Nc1ccc(I)cc1. The summed E-state index contributed by atoms with van der Waals surface area (Å²) >= 11 is 2.26. The van der Waals surface area contributed by atoms with E-state index in [0.717, 1.165) is 12.2 Å². The van der Waals surface area contributed by atoms with Crippen molar-refractivity contribution in [3.63, 3.8) is 0 Å². The zero-order valence-corrected chi connectivity index (χ0v) is 8.45. The number of azo groups is 1. The van der Waals surface area contributed by atoms with Crippen LogP contribution in [0.15, 0.2) is 34.5 Å². The Morgan fingerprint density at radius 3 is 2.45 bits per heavy atom. The molecule has 0 bridgehead atoms. The Hall–Kier alpha value is -0.450. The number of rotatable bonds is 2. The molecule has 58 valence electrons. The summed E-state index contributed by atoms with van der Waals surface area (Å²) in [7, 11) is 0. The second kappa shape index (κ2) is 4.43. The van der Waals surface area contributed by atoms with Gasteiger partial charge in [0, 0.05) is 3.57 Å². The molecular weight excluding hydrogens is 251 g/mol. The van der Waals surface area contributed by atoms with Crippen molar-refractivity contribution in [1.82, 2.24) is 0 Å². The number of halogens is 1. The van der Waals surface area contributed by atoms with E-state index in [1.807, 2.05) is 31.2 Å². The summed E-state index contributed by atoms with van der Waals surface area (Å²) < 4.78 is 1.22. The molecule has 0 amide bonds. The second-order valence-electron chi connectivity index (χ2n) is 2.03. The largest absolute Gasteiger partial charge is 0.189 e. The van der Waals surface area contributed by atoms with E-state index in [1.54, 1.807) is 0 Å². The lowest BCUT2D eigenvalue weighted by Gasteiger charge is -1.90. The molecule has 0 aliphatic carbocycles. The third-order valence-corrected chi connectivity index (χ3v) is 1.87. The molecule has 1 aromatic carbocycles. The first kappa shape index (κ1) is 8.64. The highest BCUT2D eigenvalue weighted by molar-refractivity contribution is 14.1. The Balaban J connectivity index is 2.73. The summed E-state index contributed by atoms with van der Waals surface area (Å²) in [6.07, 6.45) is 0. The molecule has 0 saturated heterocycles. The van der Waals surface area contributed by atoms with Crippen molar-refractivity contribution in [2.45, 2.75) is 6.92 Å². The summed E-state index contributed by atoms with van der Waals surface area (Å²) in [4.78, 5) is 0. The Morgan fingerprint density at radius 2 is 1.91 bits per heavy atom. The summed E-state index contributed by atoms with van der Waals surface area (Å²) in [6, 6.07) is 7.96. The minimum Gasteiger partial charge on any atom is -0.189 e. The highest BCUT2D eigenvalue weighted by atomic mass is 127. The summed E-state index contributed by atoms with van der Waals surface area (Å²) in [5, 5.41) is 7.88. The quantitative estimate of drug-likeness (QED) is 0.575. The third-order valence-electron chi connectivity index (χ3n) is 1.15. The molecule has 3 heteroatoms. The summed E-state index contributed by atoms with van der Waals surface area (Å²) in [5.41, 5.74) is 0.923. The average Bonchev–Trinajstić information content (AvgIpc) is 2.04. The van der Waals surface area contributed by atoms with Crippen molar-refractivity contribution in [1.29, 1.82) is 0 Å². The maximum absolute atomic E-state index is 3.99. The van der Waals surface area contributed by atoms with E-state index in [9.17, 15) is 0 Å². The predicted octanol–water partition coefficient (Wildman–Crippen LogP) is 3.39. The van der Waals surface area contributed by atoms with Crippen LogP contribution >= 0.6 is 22.6 Å². The standard InChI is InChI=1S/C8H9IN2/c1-2-10-11-8-5-3-7(9)4-6-8/h3-6H,2H2,1H3. The zero-order valence-electron chi connectivity index (χ0n) is 6.29. The van der Waals surface area contributed by atoms with E-state index >= 15 is 0 Å². The van der Waals surface area contributed by atoms with Crippen molar-refractivity contribution < 1.29 is 0 Å². The summed E-state index contributed by atoms with van der Waals surface area (Å²) in [5.74, 6) is 0. The highest BCUT2D eigenvalue weighted by Crippen LogP contribution is 2.14. The molecule has 0 atom stereocenters. The normalized spacial score (nSPS) is 10.7. The molecule has 0 radical (unpaired) electrons. The molecule has 0 aliphatic heterocycles. The highest BCUT2D eigenvalue weighted by Gasteiger charge is 1.87. The second-order valence-corrected chi connectivity index (χ2v) is 3.28. The van der Waals surface area contributed by atoms with Crippen LogP contribution in [0.5, 0.6) is 0 Å². The molecule has 0 aliphatic rings. The van der Waals surface area contributed by atoms with Crippen LogP contribution in [0.25, 0.3) is 0 Å². The number of hydrogen-bond donors (Lipinski definition) is 0. The molecule has 0 saturated carbocycles. The maximum atomic E-state index is 3.99. The van der Waals surface area contributed by atoms with Crippen molar-refractivity contribution in [3.8, 4) is 0 Å². The van der Waals surface area contributed by atoms with Crippen LogP contribution < -0.4 is 0 Å². The molecule has 0 spiro atoms. The van der Waals surface area contributed by atoms with E-state index in [0.29, 0.717) is 0 Å². The fourth-order valence-electron chi connectivity index (χ4n) is 0.660. The van der Waals surface area contributed by atoms with Crippen molar-refractivity contribution >= 4 is 28.3 Å². The van der Waals surface area contributed by atoms with Gasteiger partial charge in [0.2, 0.25) is 0 Å². The molecule has 0 fully saturated rings. The van der Waals surface area contributed by atoms with Gasteiger partial charge in [0.05, 0.1) is 12.2 Å². The first-order chi connectivity index (χ1) is 5.33. The Labute approximate surface area is 79.9 Å². The van der Waals surface area contributed by atoms with Gasteiger partial charge in [-0.15, -0.1) is 0 Å². The Morgan fingerprint density at radius 1 is 1.27 bits per heavy atom. The van der Waals surface area contributed by atoms with Crippen LogP contribution in [0, 0.1) is 3.57 Å². The van der Waals surface area contributed by atoms with E-state index in [2.05, 4.69) is 32.8 Å². The number of nitrogens with zero attached hydrogens (tertiary/aromatic N) is 2. The fraction of sp³-hybridized carbons (Fsp3) is 0.250. The van der Waals surface area contributed by atoms with E-state index in [4.69, 9.17) is 0 Å². The van der Waals surface area contributed by atoms with Gasteiger partial charge < -0.3 is 0 Å². The average molecular weight is 260 g/mol. The van der Waals surface area contributed by atoms with Gasteiger partial charge in [-0.1, -0.05) is 0 Å². The lowest BCUT2D eigenvalue weighted by molar-refractivity contribution is 1.01. The van der Waals surface area contributed by atoms with Crippen LogP contribution in [-0.2, 0) is 0 Å². The summed E-state index contributed by atoms with van der Waals surface area (Å²) in [6.45, 7) is 2.71. The molecule has 11 heavy (non-hydrogen) atoms. The van der Waals surface area contributed by atoms with Gasteiger partial charge in [-0.2, -0.15) is 10.2 Å². The number of hydrogen-bond acceptors (Lipinski definition) is 2. The smallest absolute Gasteiger partial charge is 0.0853 e. The molecule has 2 nitrogen and oxygen atoms in total. The lowest BCUT2D eigenvalue weighted by atomic mass is 10.3. The van der Waals surface area contributed by atoms with Crippen LogP contribution in [0.2, 0.25) is 0 Å². The van der Waals surface area contributed by atoms with Gasteiger partial charge in [0.15, 0.2) is 0 Å². The molecule has 0 unspecified atom stereocenters. The monoisotopic (exact) mass is 260 g/mol. The Bertz CT molecular complexity index is 241. The Kier molecular flexibility index (Phi) is 3.48. The van der Waals surface area contributed by atoms with Crippen molar-refractivity contribution in [2.75, 3.05) is 6.54 Å². The third kappa shape index (κ3) is 2.96. The van der Waals surface area contributed by atoms with Crippen LogP contribution in [0.1, 0.15) is 6.92 Å². The van der Waals surface area contributed by atoms with Gasteiger partial charge in [-0.3, -0.25) is 0 Å².